The zero-order chi connectivity index (χ0) is 24.5. The van der Waals surface area contributed by atoms with Crippen LogP contribution in [0.2, 0.25) is 0 Å². The maximum atomic E-state index is 14.1. The van der Waals surface area contributed by atoms with Crippen molar-refractivity contribution in [1.29, 1.82) is 0 Å². The molecule has 8 nitrogen and oxygen atoms in total. The molecule has 5 N–H and O–H groups in total. The van der Waals surface area contributed by atoms with Gasteiger partial charge in [0.1, 0.15) is 11.8 Å². The molecule has 7 atom stereocenters. The minimum atomic E-state index is -0.851. The number of aliphatic hydroxyl groups is 1. The second-order valence-corrected chi connectivity index (χ2v) is 12.1. The molecule has 1 aromatic carbocycles. The van der Waals surface area contributed by atoms with Gasteiger partial charge in [0.25, 0.3) is 5.91 Å². The lowest BCUT2D eigenvalue weighted by Gasteiger charge is -2.62. The molecule has 1 aromatic rings. The Kier molecular flexibility index (Phi) is 5.17. The van der Waals surface area contributed by atoms with E-state index in [4.69, 9.17) is 12.3 Å². The fourth-order valence-electron chi connectivity index (χ4n) is 8.33. The highest BCUT2D eigenvalue weighted by Crippen LogP contribution is 2.63. The number of aromatic hydroxyl groups is 1. The van der Waals surface area contributed by atoms with E-state index in [9.17, 15) is 19.8 Å². The first-order valence-electron chi connectivity index (χ1n) is 12.9. The molecule has 0 spiro atoms. The predicted octanol–water partition coefficient (Wildman–Crippen LogP) is 1.94. The number of likely N-dealkylation sites (tertiary alicyclic amines) is 1. The third kappa shape index (κ3) is 3.89. The summed E-state index contributed by atoms with van der Waals surface area (Å²) in [7, 11) is 0. The maximum absolute atomic E-state index is 14.1. The quantitative estimate of drug-likeness (QED) is 0.466. The standard InChI is InChI=1S/C27H34N4O4/c1-29-22-9-18-8-21(18)31(22)25(34)23(26-10-16-6-17(11-26)13-27(35,12-16)14-26)30-24(33)20(28)7-15-2-4-19(32)5-3-15/h2-5,16-18,20-23,32,35H,6-14,28H2,(H,30,33). The molecule has 8 heteroatoms. The highest BCUT2D eigenvalue weighted by Gasteiger charge is 2.64. The van der Waals surface area contributed by atoms with Crippen LogP contribution in [0.4, 0.5) is 0 Å². The molecule has 6 aliphatic rings. The van der Waals surface area contributed by atoms with Gasteiger partial charge >= 0.3 is 6.17 Å². The lowest BCUT2D eigenvalue weighted by atomic mass is 9.46. The molecule has 1 heterocycles. The number of amides is 2. The SMILES string of the molecule is [C-]#[N+]C1CC2CC2N1C(=O)C(NC(=O)C(N)Cc1ccc(O)cc1)C12CC3CC(CC(O)(C3)C1)C2. The first-order valence-corrected chi connectivity index (χ1v) is 12.9. The normalized spacial score (nSPS) is 40.0. The third-order valence-electron chi connectivity index (χ3n) is 9.43. The molecule has 1 aliphatic heterocycles. The number of rotatable bonds is 6. The minimum absolute atomic E-state index is 0.101. The first-order chi connectivity index (χ1) is 16.7. The van der Waals surface area contributed by atoms with Crippen molar-refractivity contribution in [3.05, 3.63) is 41.2 Å². The van der Waals surface area contributed by atoms with Crippen LogP contribution in [0, 0.1) is 29.7 Å². The van der Waals surface area contributed by atoms with Crippen molar-refractivity contribution < 1.29 is 19.8 Å². The van der Waals surface area contributed by atoms with Gasteiger partial charge in [0, 0.05) is 17.9 Å². The Morgan fingerprint density at radius 3 is 2.46 bits per heavy atom. The van der Waals surface area contributed by atoms with Crippen LogP contribution in [-0.2, 0) is 16.0 Å². The lowest BCUT2D eigenvalue weighted by molar-refractivity contribution is -0.182. The number of fused-ring (bicyclic) bond motifs is 1. The van der Waals surface area contributed by atoms with Gasteiger partial charge in [-0.1, -0.05) is 12.1 Å². The van der Waals surface area contributed by atoms with Crippen LogP contribution in [0.3, 0.4) is 0 Å². The smallest absolute Gasteiger partial charge is 0.301 e. The molecule has 7 unspecified atom stereocenters. The van der Waals surface area contributed by atoms with E-state index in [1.807, 2.05) is 0 Å². The number of carbonyl (C=O) groups is 2. The second kappa shape index (κ2) is 7.94. The molecule has 1 saturated heterocycles. The van der Waals surface area contributed by atoms with E-state index < -0.39 is 29.3 Å². The molecule has 6 fully saturated rings. The third-order valence-corrected chi connectivity index (χ3v) is 9.43. The summed E-state index contributed by atoms with van der Waals surface area (Å²) >= 11 is 0. The fourth-order valence-corrected chi connectivity index (χ4v) is 8.33. The van der Waals surface area contributed by atoms with E-state index >= 15 is 0 Å². The van der Waals surface area contributed by atoms with Gasteiger partial charge in [-0.25, -0.2) is 6.57 Å². The summed E-state index contributed by atoms with van der Waals surface area (Å²) in [4.78, 5) is 33.0. The van der Waals surface area contributed by atoms with Crippen LogP contribution < -0.4 is 11.1 Å². The molecule has 0 radical (unpaired) electrons. The van der Waals surface area contributed by atoms with Crippen LogP contribution in [0.25, 0.3) is 4.85 Å². The summed E-state index contributed by atoms with van der Waals surface area (Å²) < 4.78 is 0. The van der Waals surface area contributed by atoms with Gasteiger partial charge in [0.15, 0.2) is 0 Å². The molecule has 5 saturated carbocycles. The fraction of sp³-hybridized carbons (Fsp3) is 0.667. The highest BCUT2D eigenvalue weighted by atomic mass is 16.3. The molecule has 7 rings (SSSR count). The number of carbonyl (C=O) groups excluding carboxylic acids is 2. The molecule has 0 aromatic heterocycles. The van der Waals surface area contributed by atoms with Gasteiger partial charge in [-0.2, -0.15) is 0 Å². The number of nitrogens with two attached hydrogens (primary N) is 1. The molecule has 2 amide bonds. The van der Waals surface area contributed by atoms with Crippen molar-refractivity contribution in [3.63, 3.8) is 0 Å². The van der Waals surface area contributed by atoms with E-state index in [-0.39, 0.29) is 30.0 Å². The summed E-state index contributed by atoms with van der Waals surface area (Å²) in [5, 5.41) is 23.9. The monoisotopic (exact) mass is 478 g/mol. The van der Waals surface area contributed by atoms with Crippen molar-refractivity contribution in [3.8, 4) is 5.75 Å². The van der Waals surface area contributed by atoms with E-state index in [2.05, 4.69) is 10.2 Å². The number of nitrogens with one attached hydrogen (secondary N) is 1. The number of hydrogen-bond acceptors (Lipinski definition) is 5. The van der Waals surface area contributed by atoms with E-state index in [1.165, 1.54) is 0 Å². The second-order valence-electron chi connectivity index (χ2n) is 12.1. The van der Waals surface area contributed by atoms with Crippen molar-refractivity contribution in [1.82, 2.24) is 10.2 Å². The maximum Gasteiger partial charge on any atom is 0.301 e. The average molecular weight is 479 g/mol. The van der Waals surface area contributed by atoms with Gasteiger partial charge in [0.2, 0.25) is 5.91 Å². The number of phenols is 1. The first kappa shape index (κ1) is 22.8. The molecular formula is C27H34N4O4. The van der Waals surface area contributed by atoms with Crippen molar-refractivity contribution in [2.24, 2.45) is 28.9 Å². The van der Waals surface area contributed by atoms with Crippen LogP contribution in [-0.4, -0.2) is 56.8 Å². The van der Waals surface area contributed by atoms with Gasteiger partial charge in [0.05, 0.1) is 11.6 Å². The Labute approximate surface area is 205 Å². The van der Waals surface area contributed by atoms with Gasteiger partial charge in [-0.05, 0) is 86.8 Å². The molecular weight excluding hydrogens is 444 g/mol. The Morgan fingerprint density at radius 2 is 1.83 bits per heavy atom. The average Bonchev–Trinajstić information content (AvgIpc) is 3.46. The highest BCUT2D eigenvalue weighted by molar-refractivity contribution is 5.91. The summed E-state index contributed by atoms with van der Waals surface area (Å²) in [6.07, 6.45) is 6.26. The van der Waals surface area contributed by atoms with Crippen molar-refractivity contribution in [2.75, 3.05) is 0 Å². The van der Waals surface area contributed by atoms with E-state index in [0.717, 1.165) is 44.1 Å². The Morgan fingerprint density at radius 1 is 1.14 bits per heavy atom. The number of hydrogen-bond donors (Lipinski definition) is 4. The van der Waals surface area contributed by atoms with E-state index in [0.29, 0.717) is 30.6 Å². The largest absolute Gasteiger partial charge is 0.508 e. The molecule has 5 aliphatic carbocycles. The zero-order valence-corrected chi connectivity index (χ0v) is 19.9. The topological polar surface area (TPSA) is 120 Å². The summed E-state index contributed by atoms with van der Waals surface area (Å²) in [5.74, 6) is 0.727. The lowest BCUT2D eigenvalue weighted by Crippen LogP contribution is -2.67. The Balaban J connectivity index is 1.28. The van der Waals surface area contributed by atoms with Crippen LogP contribution in [0.1, 0.15) is 56.9 Å². The molecule has 35 heavy (non-hydrogen) atoms. The predicted molar refractivity (Wildman–Crippen MR) is 128 cm³/mol. The van der Waals surface area contributed by atoms with Crippen LogP contribution in [0.15, 0.2) is 24.3 Å². The number of nitrogens with zero attached hydrogens (tertiary/aromatic N) is 2. The van der Waals surface area contributed by atoms with Gasteiger partial charge in [-0.15, -0.1) is 0 Å². The zero-order valence-electron chi connectivity index (χ0n) is 19.9. The van der Waals surface area contributed by atoms with Crippen molar-refractivity contribution >= 4 is 11.8 Å². The number of phenolic OH excluding ortho intramolecular Hbond substituents is 1. The Hall–Kier alpha value is -2.63. The number of benzene rings is 1. The number of piperidine rings is 1. The minimum Gasteiger partial charge on any atom is -0.508 e. The molecule has 186 valence electrons. The molecule has 4 bridgehead atoms. The van der Waals surface area contributed by atoms with Gasteiger partial charge < -0.3 is 21.3 Å². The van der Waals surface area contributed by atoms with Gasteiger partial charge in [-0.3, -0.25) is 19.3 Å². The summed E-state index contributed by atoms with van der Waals surface area (Å²) in [5.41, 5.74) is 5.86. The Bertz CT molecular complexity index is 1070. The summed E-state index contributed by atoms with van der Waals surface area (Å²) in [6, 6.07) is 5.06. The van der Waals surface area contributed by atoms with Crippen LogP contribution >= 0.6 is 0 Å². The van der Waals surface area contributed by atoms with E-state index in [1.54, 1.807) is 29.2 Å². The summed E-state index contributed by atoms with van der Waals surface area (Å²) in [6.45, 7) is 7.64. The van der Waals surface area contributed by atoms with Crippen LogP contribution in [0.5, 0.6) is 5.75 Å². The van der Waals surface area contributed by atoms with Crippen molar-refractivity contribution in [2.45, 2.75) is 87.7 Å².